The van der Waals surface area contributed by atoms with Crippen LogP contribution in [0.25, 0.3) is 72.4 Å². The highest BCUT2D eigenvalue weighted by Crippen LogP contribution is 2.45. The van der Waals surface area contributed by atoms with Crippen LogP contribution in [0.5, 0.6) is 0 Å². The molecule has 1 aromatic heterocycles. The minimum Gasteiger partial charge on any atom is -0.292 e. The number of aromatic nitrogens is 2. The van der Waals surface area contributed by atoms with Gasteiger partial charge in [-0.25, -0.2) is 4.98 Å². The lowest BCUT2D eigenvalue weighted by Gasteiger charge is -2.22. The summed E-state index contributed by atoms with van der Waals surface area (Å²) in [5.74, 6) is 0.945. The van der Waals surface area contributed by atoms with Crippen molar-refractivity contribution >= 4 is 44.2 Å². The van der Waals surface area contributed by atoms with Gasteiger partial charge in [-0.3, -0.25) is 4.57 Å². The normalized spacial score (nSPS) is 12.8. The van der Waals surface area contributed by atoms with Gasteiger partial charge < -0.3 is 0 Å². The number of hydrogen-bond donors (Lipinski definition) is 0. The maximum absolute atomic E-state index is 5.17. The second-order valence-electron chi connectivity index (χ2n) is 12.4. The summed E-state index contributed by atoms with van der Waals surface area (Å²) in [7, 11) is 0. The average Bonchev–Trinajstić information content (AvgIpc) is 3.51. The van der Waals surface area contributed by atoms with Crippen molar-refractivity contribution in [3.63, 3.8) is 0 Å². The van der Waals surface area contributed by atoms with E-state index in [0.717, 1.165) is 41.0 Å². The van der Waals surface area contributed by atoms with Crippen molar-refractivity contribution in [2.75, 3.05) is 0 Å². The lowest BCUT2D eigenvalue weighted by molar-refractivity contribution is 1.000. The first kappa shape index (κ1) is 26.7. The summed E-state index contributed by atoms with van der Waals surface area (Å²) >= 11 is 0. The van der Waals surface area contributed by atoms with Crippen molar-refractivity contribution in [3.8, 4) is 28.2 Å². The number of allylic oxidation sites excluding steroid dienone is 1. The number of fused-ring (bicyclic) bond motifs is 4. The number of benzene rings is 7. The molecule has 1 aliphatic rings. The molecule has 0 unspecified atom stereocenters. The van der Waals surface area contributed by atoms with E-state index < -0.39 is 0 Å². The lowest BCUT2D eigenvalue weighted by atomic mass is 9.81. The van der Waals surface area contributed by atoms with Gasteiger partial charge in [0.15, 0.2) is 0 Å². The van der Waals surface area contributed by atoms with Crippen molar-refractivity contribution in [2.24, 2.45) is 0 Å². The molecule has 1 heterocycles. The van der Waals surface area contributed by atoms with Crippen LogP contribution in [0, 0.1) is 6.92 Å². The Labute approximate surface area is 268 Å². The van der Waals surface area contributed by atoms with Gasteiger partial charge in [-0.2, -0.15) is 0 Å². The molecule has 7 aromatic carbocycles. The van der Waals surface area contributed by atoms with Crippen LogP contribution in [0.1, 0.15) is 28.7 Å². The fraction of sp³-hybridized carbons (Fsp3) is 0.0682. The molecular weight excluding hydrogens is 556 g/mol. The molecule has 8 aromatic rings. The minimum absolute atomic E-state index is 0.945. The molecule has 0 bridgehead atoms. The molecule has 0 fully saturated rings. The Morgan fingerprint density at radius 2 is 1.20 bits per heavy atom. The number of nitrogens with zero attached hydrogens (tertiary/aromatic N) is 2. The third-order valence-electron chi connectivity index (χ3n) is 9.53. The predicted molar refractivity (Wildman–Crippen MR) is 194 cm³/mol. The topological polar surface area (TPSA) is 17.8 Å². The second kappa shape index (κ2) is 10.7. The monoisotopic (exact) mass is 588 g/mol. The number of hydrogen-bond acceptors (Lipinski definition) is 1. The molecule has 0 aliphatic heterocycles. The van der Waals surface area contributed by atoms with Crippen LogP contribution in [-0.2, 0) is 6.42 Å². The smallest absolute Gasteiger partial charge is 0.145 e. The standard InChI is InChI=1S/C44H32N2/c1-29-22-23-31-27-33(25-24-30(31)26-29)43-38-18-7-5-16-36(38)42(37-17-6-8-19-39(37)43)32-12-11-13-34(28-32)44-45-40-20-9-10-21-41(40)46(44)35-14-3-2-4-15-35/h2-23,26-28H,24-25H2,1H3. The summed E-state index contributed by atoms with van der Waals surface area (Å²) in [5, 5.41) is 5.17. The first-order valence-corrected chi connectivity index (χ1v) is 16.1. The van der Waals surface area contributed by atoms with Crippen LogP contribution in [0.4, 0.5) is 0 Å². The van der Waals surface area contributed by atoms with Crippen LogP contribution < -0.4 is 0 Å². The number of imidazole rings is 1. The van der Waals surface area contributed by atoms with Gasteiger partial charge in [0, 0.05) is 11.3 Å². The molecule has 2 nitrogen and oxygen atoms in total. The van der Waals surface area contributed by atoms with E-state index in [4.69, 9.17) is 4.98 Å². The fourth-order valence-electron chi connectivity index (χ4n) is 7.48. The first-order valence-electron chi connectivity index (χ1n) is 16.1. The zero-order valence-corrected chi connectivity index (χ0v) is 25.7. The summed E-state index contributed by atoms with van der Waals surface area (Å²) in [6, 6.07) is 52.7. The van der Waals surface area contributed by atoms with E-state index in [1.54, 1.807) is 0 Å². The van der Waals surface area contributed by atoms with E-state index in [1.807, 2.05) is 0 Å². The van der Waals surface area contributed by atoms with Crippen LogP contribution in [0.2, 0.25) is 0 Å². The van der Waals surface area contributed by atoms with Crippen molar-refractivity contribution in [2.45, 2.75) is 19.8 Å². The van der Waals surface area contributed by atoms with Crippen molar-refractivity contribution < 1.29 is 0 Å². The van der Waals surface area contributed by atoms with Gasteiger partial charge in [-0.05, 0) is 105 Å². The molecule has 9 rings (SSSR count). The number of rotatable bonds is 4. The summed E-state index contributed by atoms with van der Waals surface area (Å²) < 4.78 is 2.28. The first-order chi connectivity index (χ1) is 22.7. The molecule has 0 spiro atoms. The summed E-state index contributed by atoms with van der Waals surface area (Å²) in [4.78, 5) is 5.17. The average molecular weight is 589 g/mol. The van der Waals surface area contributed by atoms with Gasteiger partial charge in [-0.1, -0.05) is 127 Å². The Kier molecular flexibility index (Phi) is 6.21. The van der Waals surface area contributed by atoms with Crippen LogP contribution in [0.3, 0.4) is 0 Å². The number of aryl methyl sites for hydroxylation is 2. The minimum atomic E-state index is 0.945. The van der Waals surface area contributed by atoms with Gasteiger partial charge in [0.25, 0.3) is 0 Å². The van der Waals surface area contributed by atoms with E-state index in [-0.39, 0.29) is 0 Å². The van der Waals surface area contributed by atoms with Gasteiger partial charge in [0.05, 0.1) is 11.0 Å². The quantitative estimate of drug-likeness (QED) is 0.187. The van der Waals surface area contributed by atoms with Crippen LogP contribution in [0.15, 0.2) is 146 Å². The van der Waals surface area contributed by atoms with Crippen molar-refractivity contribution in [3.05, 3.63) is 168 Å². The maximum Gasteiger partial charge on any atom is 0.145 e. The SMILES string of the molecule is Cc1ccc2c(c1)CCC(c1c3ccccc3c(-c3cccc(-c4nc5ccccc5n4-c4ccccc4)c3)c3ccccc13)=C2. The van der Waals surface area contributed by atoms with Crippen molar-refractivity contribution in [1.29, 1.82) is 0 Å². The molecule has 46 heavy (non-hydrogen) atoms. The van der Waals surface area contributed by atoms with Gasteiger partial charge in [0.2, 0.25) is 0 Å². The zero-order valence-electron chi connectivity index (χ0n) is 25.7. The highest BCUT2D eigenvalue weighted by molar-refractivity contribution is 6.20. The molecule has 0 saturated carbocycles. The fourth-order valence-corrected chi connectivity index (χ4v) is 7.48. The Morgan fingerprint density at radius 1 is 0.543 bits per heavy atom. The molecule has 1 aliphatic carbocycles. The zero-order chi connectivity index (χ0) is 30.6. The molecule has 0 amide bonds. The van der Waals surface area contributed by atoms with E-state index in [2.05, 4.69) is 163 Å². The van der Waals surface area contributed by atoms with Gasteiger partial charge in [-0.15, -0.1) is 0 Å². The molecule has 0 radical (unpaired) electrons. The highest BCUT2D eigenvalue weighted by Gasteiger charge is 2.21. The summed E-state index contributed by atoms with van der Waals surface area (Å²) in [5.41, 5.74) is 13.7. The van der Waals surface area contributed by atoms with Crippen molar-refractivity contribution in [1.82, 2.24) is 9.55 Å². The lowest BCUT2D eigenvalue weighted by Crippen LogP contribution is -2.01. The second-order valence-corrected chi connectivity index (χ2v) is 12.4. The molecule has 218 valence electrons. The highest BCUT2D eigenvalue weighted by atomic mass is 15.1. The summed E-state index contributed by atoms with van der Waals surface area (Å²) in [6.45, 7) is 2.19. The van der Waals surface area contributed by atoms with E-state index in [9.17, 15) is 0 Å². The Hall–Kier alpha value is -5.73. The van der Waals surface area contributed by atoms with E-state index in [0.29, 0.717) is 0 Å². The molecular formula is C44H32N2. The third kappa shape index (κ3) is 4.29. The van der Waals surface area contributed by atoms with E-state index in [1.165, 1.54) is 60.5 Å². The molecule has 0 saturated heterocycles. The Morgan fingerprint density at radius 3 is 1.96 bits per heavy atom. The van der Waals surface area contributed by atoms with Crippen LogP contribution in [-0.4, -0.2) is 9.55 Å². The van der Waals surface area contributed by atoms with Gasteiger partial charge >= 0.3 is 0 Å². The number of para-hydroxylation sites is 3. The maximum atomic E-state index is 5.17. The largest absolute Gasteiger partial charge is 0.292 e. The third-order valence-corrected chi connectivity index (χ3v) is 9.53. The molecule has 0 atom stereocenters. The van der Waals surface area contributed by atoms with E-state index >= 15 is 0 Å². The molecule has 2 heteroatoms. The predicted octanol–water partition coefficient (Wildman–Crippen LogP) is 11.5. The van der Waals surface area contributed by atoms with Gasteiger partial charge in [0.1, 0.15) is 5.82 Å². The molecule has 0 N–H and O–H groups in total. The Bertz CT molecular complexity index is 2420. The van der Waals surface area contributed by atoms with Crippen LogP contribution >= 0.6 is 0 Å². The Balaban J connectivity index is 1.28. The summed E-state index contributed by atoms with van der Waals surface area (Å²) in [6.07, 6.45) is 4.54.